The van der Waals surface area contributed by atoms with Gasteiger partial charge >= 0.3 is 0 Å². The molecule has 1 aromatic carbocycles. The third kappa shape index (κ3) is 3.21. The lowest BCUT2D eigenvalue weighted by molar-refractivity contribution is -0.143. The number of amides is 1. The molecule has 3 fully saturated rings. The Labute approximate surface area is 163 Å². The Balaban J connectivity index is 1.17. The molecule has 1 saturated heterocycles. The minimum absolute atomic E-state index is 0.0425. The molecule has 0 spiro atoms. The van der Waals surface area contributed by atoms with Gasteiger partial charge < -0.3 is 9.32 Å². The summed E-state index contributed by atoms with van der Waals surface area (Å²) in [7, 11) is 0. The van der Waals surface area contributed by atoms with Crippen LogP contribution in [0.3, 0.4) is 0 Å². The summed E-state index contributed by atoms with van der Waals surface area (Å²) >= 11 is 0. The highest BCUT2D eigenvalue weighted by Crippen LogP contribution is 2.55. The van der Waals surface area contributed by atoms with Crippen molar-refractivity contribution < 1.29 is 13.6 Å². The molecule has 3 aliphatic rings. The van der Waals surface area contributed by atoms with Gasteiger partial charge in [0.25, 0.3) is 0 Å². The van der Waals surface area contributed by atoms with E-state index in [-0.39, 0.29) is 11.2 Å². The summed E-state index contributed by atoms with van der Waals surface area (Å²) in [4.78, 5) is 17.4. The Morgan fingerprint density at radius 3 is 2.64 bits per heavy atom. The van der Waals surface area contributed by atoms with Crippen molar-refractivity contribution in [3.8, 4) is 11.5 Å². The first-order chi connectivity index (χ1) is 13.6. The van der Waals surface area contributed by atoms with E-state index in [0.29, 0.717) is 29.8 Å². The Kier molecular flexibility index (Phi) is 4.42. The van der Waals surface area contributed by atoms with Crippen molar-refractivity contribution in [3.63, 3.8) is 0 Å². The fourth-order valence-corrected chi connectivity index (χ4v) is 5.18. The molecule has 1 aliphatic heterocycles. The molecule has 1 amide bonds. The minimum atomic E-state index is -0.326. The summed E-state index contributed by atoms with van der Waals surface area (Å²) in [6.07, 6.45) is 5.74. The molecule has 1 aromatic heterocycles. The highest BCUT2D eigenvalue weighted by Gasteiger charge is 2.51. The fourth-order valence-electron chi connectivity index (χ4n) is 5.18. The zero-order valence-electron chi connectivity index (χ0n) is 15.9. The molecular weight excluding hydrogens is 359 g/mol. The molecule has 2 heterocycles. The average molecular weight is 384 g/mol. The maximum Gasteiger partial charge on any atom is 0.247 e. The van der Waals surface area contributed by atoms with Crippen molar-refractivity contribution in [2.75, 3.05) is 26.2 Å². The van der Waals surface area contributed by atoms with Crippen LogP contribution < -0.4 is 0 Å². The standard InChI is InChI=1S/C21H25FN4O2/c22-17-3-1-2-16(12-17)19-24-23-18(28-19)14-25-8-10-26(11-9-25)20(27)21-6-4-15(13-21)5-7-21/h1-3,12,15H,4-11,13-14H2. The van der Waals surface area contributed by atoms with Crippen molar-refractivity contribution in [2.45, 2.75) is 38.6 Å². The molecule has 2 aromatic rings. The SMILES string of the molecule is O=C(N1CCN(Cc2nnc(-c3cccc(F)c3)o2)CC1)C12CCC(CC1)C2. The Morgan fingerprint density at radius 1 is 1.18 bits per heavy atom. The number of benzene rings is 1. The van der Waals surface area contributed by atoms with Gasteiger partial charge in [-0.1, -0.05) is 6.07 Å². The number of piperazine rings is 1. The highest BCUT2D eigenvalue weighted by atomic mass is 19.1. The number of fused-ring (bicyclic) bond motifs is 2. The number of aromatic nitrogens is 2. The van der Waals surface area contributed by atoms with E-state index >= 15 is 0 Å². The lowest BCUT2D eigenvalue weighted by Crippen LogP contribution is -2.52. The highest BCUT2D eigenvalue weighted by molar-refractivity contribution is 5.83. The van der Waals surface area contributed by atoms with Crippen LogP contribution >= 0.6 is 0 Å². The maximum atomic E-state index is 13.4. The van der Waals surface area contributed by atoms with Crippen LogP contribution in [-0.2, 0) is 11.3 Å². The largest absolute Gasteiger partial charge is 0.419 e. The van der Waals surface area contributed by atoms with E-state index in [1.54, 1.807) is 12.1 Å². The summed E-state index contributed by atoms with van der Waals surface area (Å²) in [6.45, 7) is 3.69. The van der Waals surface area contributed by atoms with E-state index in [9.17, 15) is 9.18 Å². The second-order valence-corrected chi connectivity index (χ2v) is 8.51. The van der Waals surface area contributed by atoms with Gasteiger partial charge in [-0.15, -0.1) is 10.2 Å². The van der Waals surface area contributed by atoms with Crippen LogP contribution in [0.5, 0.6) is 0 Å². The van der Waals surface area contributed by atoms with Gasteiger partial charge in [-0.3, -0.25) is 9.69 Å². The Morgan fingerprint density at radius 2 is 1.96 bits per heavy atom. The van der Waals surface area contributed by atoms with Crippen LogP contribution in [0.25, 0.3) is 11.5 Å². The smallest absolute Gasteiger partial charge is 0.247 e. The van der Waals surface area contributed by atoms with Crippen molar-refractivity contribution in [2.24, 2.45) is 11.3 Å². The van der Waals surface area contributed by atoms with Crippen LogP contribution in [-0.4, -0.2) is 52.1 Å². The minimum Gasteiger partial charge on any atom is -0.419 e. The summed E-state index contributed by atoms with van der Waals surface area (Å²) < 4.78 is 19.1. The van der Waals surface area contributed by atoms with E-state index < -0.39 is 0 Å². The molecule has 148 valence electrons. The zero-order valence-corrected chi connectivity index (χ0v) is 15.9. The first kappa shape index (κ1) is 17.8. The second-order valence-electron chi connectivity index (χ2n) is 8.51. The zero-order chi connectivity index (χ0) is 19.1. The average Bonchev–Trinajstić information content (AvgIpc) is 3.45. The number of carbonyl (C=O) groups is 1. The van der Waals surface area contributed by atoms with Crippen molar-refractivity contribution in [1.82, 2.24) is 20.0 Å². The van der Waals surface area contributed by atoms with Crippen LogP contribution in [0, 0.1) is 17.2 Å². The number of hydrogen-bond acceptors (Lipinski definition) is 5. The molecule has 0 radical (unpaired) electrons. The van der Waals surface area contributed by atoms with Crippen molar-refractivity contribution >= 4 is 5.91 Å². The van der Waals surface area contributed by atoms with Gasteiger partial charge in [0.1, 0.15) is 5.82 Å². The maximum absolute atomic E-state index is 13.4. The lowest BCUT2D eigenvalue weighted by Gasteiger charge is -2.38. The summed E-state index contributed by atoms with van der Waals surface area (Å²) in [6, 6.07) is 6.15. The lowest BCUT2D eigenvalue weighted by atomic mass is 9.82. The molecular formula is C21H25FN4O2. The number of nitrogens with zero attached hydrogens (tertiary/aromatic N) is 4. The fraction of sp³-hybridized carbons (Fsp3) is 0.571. The first-order valence-corrected chi connectivity index (χ1v) is 10.2. The molecule has 2 bridgehead atoms. The number of rotatable bonds is 4. The molecule has 0 unspecified atom stereocenters. The summed E-state index contributed by atoms with van der Waals surface area (Å²) in [5, 5.41) is 8.14. The molecule has 28 heavy (non-hydrogen) atoms. The molecule has 5 rings (SSSR count). The van der Waals surface area contributed by atoms with Gasteiger partial charge in [0.05, 0.1) is 6.54 Å². The van der Waals surface area contributed by atoms with Crippen LogP contribution in [0.1, 0.15) is 38.0 Å². The first-order valence-electron chi connectivity index (χ1n) is 10.2. The summed E-state index contributed by atoms with van der Waals surface area (Å²) in [5.74, 6) is 1.70. The second kappa shape index (κ2) is 6.95. The van der Waals surface area contributed by atoms with Gasteiger partial charge in [0, 0.05) is 37.2 Å². The van der Waals surface area contributed by atoms with Gasteiger partial charge in [0.15, 0.2) is 0 Å². The van der Waals surface area contributed by atoms with Gasteiger partial charge in [-0.05, 0) is 56.2 Å². The normalized spacial score (nSPS) is 27.5. The third-order valence-electron chi connectivity index (χ3n) is 6.75. The molecule has 0 atom stereocenters. The van der Waals surface area contributed by atoms with E-state index in [0.717, 1.165) is 51.4 Å². The topological polar surface area (TPSA) is 62.5 Å². The van der Waals surface area contributed by atoms with Crippen molar-refractivity contribution in [3.05, 3.63) is 36.0 Å². The molecule has 7 heteroatoms. The Bertz CT molecular complexity index is 867. The molecule has 6 nitrogen and oxygen atoms in total. The van der Waals surface area contributed by atoms with Gasteiger partial charge in [-0.25, -0.2) is 4.39 Å². The molecule has 0 N–H and O–H groups in total. The monoisotopic (exact) mass is 384 g/mol. The number of carbonyl (C=O) groups excluding carboxylic acids is 1. The predicted molar refractivity (Wildman–Crippen MR) is 101 cm³/mol. The van der Waals surface area contributed by atoms with Crippen LogP contribution in [0.4, 0.5) is 4.39 Å². The van der Waals surface area contributed by atoms with E-state index in [1.165, 1.54) is 25.0 Å². The summed E-state index contributed by atoms with van der Waals surface area (Å²) in [5.41, 5.74) is 0.541. The molecule has 2 aliphatic carbocycles. The van der Waals surface area contributed by atoms with Gasteiger partial charge in [-0.2, -0.15) is 0 Å². The van der Waals surface area contributed by atoms with Crippen molar-refractivity contribution in [1.29, 1.82) is 0 Å². The van der Waals surface area contributed by atoms with E-state index in [2.05, 4.69) is 20.0 Å². The number of hydrogen-bond donors (Lipinski definition) is 0. The van der Waals surface area contributed by atoms with Gasteiger partial charge in [0.2, 0.25) is 17.7 Å². The third-order valence-corrected chi connectivity index (χ3v) is 6.75. The van der Waals surface area contributed by atoms with E-state index in [4.69, 9.17) is 4.42 Å². The van der Waals surface area contributed by atoms with Crippen LogP contribution in [0.15, 0.2) is 28.7 Å². The quantitative estimate of drug-likeness (QED) is 0.811. The predicted octanol–water partition coefficient (Wildman–Crippen LogP) is 3.10. The van der Waals surface area contributed by atoms with E-state index in [1.807, 2.05) is 0 Å². The van der Waals surface area contributed by atoms with Crippen LogP contribution in [0.2, 0.25) is 0 Å². The molecule has 2 saturated carbocycles. The number of halogens is 1. The Hall–Kier alpha value is -2.28.